The summed E-state index contributed by atoms with van der Waals surface area (Å²) < 4.78 is 1.97. The first kappa shape index (κ1) is 24.1. The Kier molecular flexibility index (Phi) is 6.26. The fourth-order valence-corrected chi connectivity index (χ4v) is 4.68. The fraction of sp³-hybridized carbons (Fsp3) is 0.161. The minimum atomic E-state index is -0.209. The van der Waals surface area contributed by atoms with Crippen LogP contribution in [0.1, 0.15) is 36.5 Å². The van der Waals surface area contributed by atoms with Crippen LogP contribution in [0.25, 0.3) is 38.6 Å². The fourth-order valence-electron chi connectivity index (χ4n) is 4.55. The van der Waals surface area contributed by atoms with Gasteiger partial charge in [-0.05, 0) is 84.6 Å². The second kappa shape index (κ2) is 9.88. The number of benzene rings is 3. The average molecular weight is 521 g/mol. The number of aromatic nitrogens is 2. The van der Waals surface area contributed by atoms with Gasteiger partial charge in [-0.1, -0.05) is 36.7 Å². The van der Waals surface area contributed by atoms with E-state index >= 15 is 0 Å². The van der Waals surface area contributed by atoms with Gasteiger partial charge in [0.05, 0.1) is 11.0 Å². The van der Waals surface area contributed by atoms with Gasteiger partial charge in [0.25, 0.3) is 5.91 Å². The van der Waals surface area contributed by atoms with Crippen LogP contribution in [0.5, 0.6) is 0 Å². The molecular weight excluding hydrogens is 496 g/mol. The number of hydrogen-bond acceptors (Lipinski definition) is 3. The van der Waals surface area contributed by atoms with Gasteiger partial charge >= 0.3 is 0 Å². The quantitative estimate of drug-likeness (QED) is 0.279. The molecule has 0 saturated heterocycles. The van der Waals surface area contributed by atoms with E-state index in [0.29, 0.717) is 22.5 Å². The summed E-state index contributed by atoms with van der Waals surface area (Å²) in [5, 5.41) is 5.54. The molecule has 0 aliphatic heterocycles. The standard InChI is InChI=1S/C31H25ClN4O2/c1-2-29(37)35-28-16-8-22-18-33-27-15-7-21(19-3-9-23(32)10-4-19)17-26(27)30(22)36(28)25-13-5-20(6-14-25)31(38)34-24-11-12-24/h3-10,13-18,24H,2,11-12H2,1H3,(H,34,38)/b35-28-. The van der Waals surface area contributed by atoms with Crippen molar-refractivity contribution >= 4 is 45.2 Å². The topological polar surface area (TPSA) is 76.3 Å². The molecule has 5 aromatic rings. The first-order chi connectivity index (χ1) is 18.5. The van der Waals surface area contributed by atoms with E-state index in [9.17, 15) is 9.59 Å². The van der Waals surface area contributed by atoms with E-state index in [-0.39, 0.29) is 17.9 Å². The van der Waals surface area contributed by atoms with E-state index in [2.05, 4.69) is 21.4 Å². The Morgan fingerprint density at radius 1 is 0.974 bits per heavy atom. The zero-order valence-corrected chi connectivity index (χ0v) is 21.6. The van der Waals surface area contributed by atoms with E-state index in [0.717, 1.165) is 51.5 Å². The Hall–Kier alpha value is -4.29. The summed E-state index contributed by atoms with van der Waals surface area (Å²) in [5.74, 6) is -0.283. The number of carbonyl (C=O) groups is 2. The lowest BCUT2D eigenvalue weighted by atomic mass is 10.0. The average Bonchev–Trinajstić information content (AvgIpc) is 3.77. The van der Waals surface area contributed by atoms with Gasteiger partial charge in [-0.3, -0.25) is 19.1 Å². The molecule has 0 radical (unpaired) electrons. The molecule has 1 N–H and O–H groups in total. The van der Waals surface area contributed by atoms with Gasteiger partial charge in [0.1, 0.15) is 5.49 Å². The number of amides is 2. The number of hydrogen-bond donors (Lipinski definition) is 1. The Morgan fingerprint density at radius 2 is 1.71 bits per heavy atom. The number of carbonyl (C=O) groups excluding carboxylic acids is 2. The van der Waals surface area contributed by atoms with Gasteiger partial charge in [-0.15, -0.1) is 0 Å². The van der Waals surface area contributed by atoms with Gasteiger partial charge in [-0.25, -0.2) is 0 Å². The molecule has 0 spiro atoms. The molecule has 2 amide bonds. The van der Waals surface area contributed by atoms with Crippen molar-refractivity contribution in [1.29, 1.82) is 0 Å². The van der Waals surface area contributed by atoms with Crippen LogP contribution in [-0.2, 0) is 4.79 Å². The molecule has 1 aliphatic rings. The van der Waals surface area contributed by atoms with Crippen LogP contribution in [0.4, 0.5) is 0 Å². The van der Waals surface area contributed by atoms with E-state index in [1.54, 1.807) is 6.92 Å². The van der Waals surface area contributed by atoms with Gasteiger partial charge in [0.15, 0.2) is 0 Å². The highest BCUT2D eigenvalue weighted by atomic mass is 35.5. The highest BCUT2D eigenvalue weighted by molar-refractivity contribution is 6.30. The maximum absolute atomic E-state index is 12.6. The Morgan fingerprint density at radius 3 is 2.42 bits per heavy atom. The lowest BCUT2D eigenvalue weighted by Crippen LogP contribution is -2.25. The number of rotatable bonds is 5. The molecule has 1 saturated carbocycles. The molecule has 188 valence electrons. The summed E-state index contributed by atoms with van der Waals surface area (Å²) in [4.78, 5) is 34.1. The molecule has 0 bridgehead atoms. The highest BCUT2D eigenvalue weighted by Gasteiger charge is 2.23. The van der Waals surface area contributed by atoms with Gasteiger partial charge in [0.2, 0.25) is 5.91 Å². The summed E-state index contributed by atoms with van der Waals surface area (Å²) in [6, 6.07) is 25.3. The second-order valence-electron chi connectivity index (χ2n) is 9.48. The van der Waals surface area contributed by atoms with Crippen molar-refractivity contribution in [3.05, 3.63) is 101 Å². The van der Waals surface area contributed by atoms with E-state index in [1.807, 2.05) is 83.6 Å². The zero-order valence-electron chi connectivity index (χ0n) is 20.8. The third-order valence-electron chi connectivity index (χ3n) is 6.75. The number of halogens is 1. The van der Waals surface area contributed by atoms with Crippen molar-refractivity contribution in [2.75, 3.05) is 0 Å². The number of nitrogens with one attached hydrogen (secondary N) is 1. The van der Waals surface area contributed by atoms with Crippen molar-refractivity contribution in [1.82, 2.24) is 14.9 Å². The molecule has 1 aliphatic carbocycles. The second-order valence-corrected chi connectivity index (χ2v) is 9.92. The maximum atomic E-state index is 12.6. The molecule has 2 heterocycles. The number of fused-ring (bicyclic) bond motifs is 3. The molecule has 6 nitrogen and oxygen atoms in total. The normalized spacial score (nSPS) is 13.7. The molecule has 38 heavy (non-hydrogen) atoms. The van der Waals surface area contributed by atoms with Crippen molar-refractivity contribution in [3.63, 3.8) is 0 Å². The van der Waals surface area contributed by atoms with E-state index in [1.165, 1.54) is 0 Å². The van der Waals surface area contributed by atoms with Crippen LogP contribution in [0, 0.1) is 0 Å². The first-order valence-electron chi connectivity index (χ1n) is 12.7. The molecule has 3 aromatic carbocycles. The van der Waals surface area contributed by atoms with Gasteiger partial charge < -0.3 is 5.32 Å². The molecule has 2 aromatic heterocycles. The molecular formula is C31H25ClN4O2. The predicted octanol–water partition coefficient (Wildman–Crippen LogP) is 6.23. The maximum Gasteiger partial charge on any atom is 0.251 e. The van der Waals surface area contributed by atoms with Crippen molar-refractivity contribution in [2.24, 2.45) is 4.99 Å². The minimum absolute atomic E-state index is 0.0738. The predicted molar refractivity (Wildman–Crippen MR) is 150 cm³/mol. The van der Waals surface area contributed by atoms with Crippen LogP contribution in [0.15, 0.2) is 90.1 Å². The SMILES string of the molecule is CCC(=O)/N=c1/ccc2cnc3ccc(-c4ccc(Cl)cc4)cc3c2n1-c1ccc(C(=O)NC2CC2)cc1. The molecule has 0 unspecified atom stereocenters. The summed E-state index contributed by atoms with van der Waals surface area (Å²) in [5.41, 5.74) is 5.67. The smallest absolute Gasteiger partial charge is 0.251 e. The molecule has 0 atom stereocenters. The zero-order chi connectivity index (χ0) is 26.2. The van der Waals surface area contributed by atoms with Crippen LogP contribution >= 0.6 is 11.6 Å². The van der Waals surface area contributed by atoms with E-state index < -0.39 is 0 Å². The lowest BCUT2D eigenvalue weighted by Gasteiger charge is -2.15. The van der Waals surface area contributed by atoms with Crippen LogP contribution in [0.3, 0.4) is 0 Å². The van der Waals surface area contributed by atoms with Gasteiger partial charge in [0, 0.05) is 45.7 Å². The van der Waals surface area contributed by atoms with Gasteiger partial charge in [-0.2, -0.15) is 4.99 Å². The Balaban J connectivity index is 1.59. The summed E-state index contributed by atoms with van der Waals surface area (Å²) in [6.07, 6.45) is 4.20. The largest absolute Gasteiger partial charge is 0.349 e. The minimum Gasteiger partial charge on any atom is -0.349 e. The third kappa shape index (κ3) is 4.71. The van der Waals surface area contributed by atoms with Crippen LogP contribution < -0.4 is 10.8 Å². The summed E-state index contributed by atoms with van der Waals surface area (Å²) >= 11 is 6.11. The first-order valence-corrected chi connectivity index (χ1v) is 13.1. The van der Waals surface area contributed by atoms with Crippen molar-refractivity contribution in [3.8, 4) is 16.8 Å². The van der Waals surface area contributed by atoms with Crippen molar-refractivity contribution in [2.45, 2.75) is 32.2 Å². The third-order valence-corrected chi connectivity index (χ3v) is 7.00. The molecule has 1 fully saturated rings. The Labute approximate surface area is 224 Å². The van der Waals surface area contributed by atoms with Crippen molar-refractivity contribution < 1.29 is 9.59 Å². The van der Waals surface area contributed by atoms with E-state index in [4.69, 9.17) is 11.6 Å². The van der Waals surface area contributed by atoms with Crippen LogP contribution in [-0.4, -0.2) is 27.4 Å². The molecule has 7 heteroatoms. The summed E-state index contributed by atoms with van der Waals surface area (Å²) in [6.45, 7) is 1.79. The highest BCUT2D eigenvalue weighted by Crippen LogP contribution is 2.30. The monoisotopic (exact) mass is 520 g/mol. The number of nitrogens with zero attached hydrogens (tertiary/aromatic N) is 3. The summed E-state index contributed by atoms with van der Waals surface area (Å²) in [7, 11) is 0. The van der Waals surface area contributed by atoms with Crippen LogP contribution in [0.2, 0.25) is 5.02 Å². The number of pyridine rings is 2. The molecule has 6 rings (SSSR count). The Bertz CT molecular complexity index is 1770. The lowest BCUT2D eigenvalue weighted by molar-refractivity contribution is -0.117.